The lowest BCUT2D eigenvalue weighted by atomic mass is 10.2. The van der Waals surface area contributed by atoms with Gasteiger partial charge in [0.25, 0.3) is 5.91 Å². The van der Waals surface area contributed by atoms with Crippen molar-refractivity contribution in [2.45, 2.75) is 13.5 Å². The number of hydrogen-bond donors (Lipinski definition) is 2. The van der Waals surface area contributed by atoms with E-state index in [0.717, 1.165) is 5.69 Å². The topological polar surface area (TPSA) is 115 Å². The number of furan rings is 1. The zero-order chi connectivity index (χ0) is 24.6. The fourth-order valence-corrected chi connectivity index (χ4v) is 3.23. The number of rotatable bonds is 10. The summed E-state index contributed by atoms with van der Waals surface area (Å²) in [5.41, 5.74) is 4.65. The summed E-state index contributed by atoms with van der Waals surface area (Å²) in [6.45, 7) is 2.30. The number of benzene rings is 2. The maximum Gasteiger partial charge on any atom is 0.371 e. The van der Waals surface area contributed by atoms with Crippen LogP contribution in [0.3, 0.4) is 0 Å². The lowest BCUT2D eigenvalue weighted by molar-refractivity contribution is 0.0657. The van der Waals surface area contributed by atoms with Gasteiger partial charge in [-0.1, -0.05) is 0 Å². The molecule has 0 aliphatic rings. The van der Waals surface area contributed by atoms with Gasteiger partial charge in [0.2, 0.25) is 5.76 Å². The molecule has 178 valence electrons. The Hall–Kier alpha value is -4.79. The van der Waals surface area contributed by atoms with E-state index >= 15 is 0 Å². The highest BCUT2D eigenvalue weighted by molar-refractivity contribution is 5.95. The molecule has 0 unspecified atom stereocenters. The van der Waals surface area contributed by atoms with E-state index in [4.69, 9.17) is 19.0 Å². The number of nitrogens with one attached hydrogen (secondary N) is 1. The summed E-state index contributed by atoms with van der Waals surface area (Å²) in [6.07, 6.45) is 5.36. The number of carbonyl (C=O) groups is 2. The normalized spacial score (nSPS) is 10.9. The molecule has 0 aliphatic heterocycles. The van der Waals surface area contributed by atoms with Gasteiger partial charge in [-0.25, -0.2) is 10.2 Å². The minimum atomic E-state index is -1.14. The van der Waals surface area contributed by atoms with Gasteiger partial charge in [0.1, 0.15) is 12.4 Å². The van der Waals surface area contributed by atoms with Crippen molar-refractivity contribution in [2.75, 3.05) is 6.61 Å². The molecule has 0 radical (unpaired) electrons. The number of amides is 1. The van der Waals surface area contributed by atoms with Crippen molar-refractivity contribution >= 4 is 18.1 Å². The van der Waals surface area contributed by atoms with Crippen LogP contribution in [0.5, 0.6) is 11.5 Å². The maximum absolute atomic E-state index is 12.4. The Balaban J connectivity index is 1.37. The van der Waals surface area contributed by atoms with Crippen LogP contribution in [0, 0.1) is 0 Å². The van der Waals surface area contributed by atoms with Crippen molar-refractivity contribution in [3.63, 3.8) is 0 Å². The number of carbonyl (C=O) groups excluding carboxylic acids is 1. The molecule has 2 N–H and O–H groups in total. The zero-order valence-corrected chi connectivity index (χ0v) is 18.9. The fourth-order valence-electron chi connectivity index (χ4n) is 3.23. The molecule has 9 heteroatoms. The molecule has 2 heterocycles. The van der Waals surface area contributed by atoms with Crippen molar-refractivity contribution in [1.82, 2.24) is 9.99 Å². The van der Waals surface area contributed by atoms with Gasteiger partial charge in [-0.05, 0) is 79.2 Å². The Morgan fingerprint density at radius 2 is 1.80 bits per heavy atom. The maximum atomic E-state index is 12.4. The van der Waals surface area contributed by atoms with Crippen molar-refractivity contribution in [3.8, 4) is 17.2 Å². The molecule has 0 atom stereocenters. The number of ether oxygens (including phenoxy) is 2. The van der Waals surface area contributed by atoms with E-state index in [1.807, 2.05) is 48.1 Å². The Kier molecular flexibility index (Phi) is 7.27. The average Bonchev–Trinajstić information content (AvgIpc) is 3.57. The highest BCUT2D eigenvalue weighted by Crippen LogP contribution is 2.29. The number of carboxylic acids is 1. The van der Waals surface area contributed by atoms with Crippen molar-refractivity contribution in [1.29, 1.82) is 0 Å². The molecule has 0 saturated heterocycles. The van der Waals surface area contributed by atoms with Gasteiger partial charge in [-0.15, -0.1) is 0 Å². The van der Waals surface area contributed by atoms with Crippen LogP contribution in [0.15, 0.2) is 88.6 Å². The van der Waals surface area contributed by atoms with E-state index < -0.39 is 5.97 Å². The first kappa shape index (κ1) is 23.4. The number of nitrogens with zero attached hydrogens (tertiary/aromatic N) is 2. The monoisotopic (exact) mass is 473 g/mol. The van der Waals surface area contributed by atoms with Crippen LogP contribution in [-0.4, -0.2) is 34.4 Å². The molecular weight excluding hydrogens is 450 g/mol. The molecular formula is C26H23N3O6. The summed E-state index contributed by atoms with van der Waals surface area (Å²) >= 11 is 0. The summed E-state index contributed by atoms with van der Waals surface area (Å²) < 4.78 is 18.5. The first-order valence-electron chi connectivity index (χ1n) is 10.8. The van der Waals surface area contributed by atoms with E-state index in [0.29, 0.717) is 35.0 Å². The third kappa shape index (κ3) is 5.97. The summed E-state index contributed by atoms with van der Waals surface area (Å²) in [4.78, 5) is 23.3. The van der Waals surface area contributed by atoms with Crippen LogP contribution < -0.4 is 14.9 Å². The smallest absolute Gasteiger partial charge is 0.371 e. The van der Waals surface area contributed by atoms with Gasteiger partial charge in [-0.3, -0.25) is 4.79 Å². The highest BCUT2D eigenvalue weighted by atomic mass is 16.5. The van der Waals surface area contributed by atoms with E-state index in [1.54, 1.807) is 36.4 Å². The molecule has 2 aromatic heterocycles. The molecule has 35 heavy (non-hydrogen) atoms. The molecule has 0 spiro atoms. The highest BCUT2D eigenvalue weighted by Gasteiger charge is 2.11. The van der Waals surface area contributed by atoms with Gasteiger partial charge in [0.15, 0.2) is 11.5 Å². The Morgan fingerprint density at radius 1 is 1.03 bits per heavy atom. The number of aromatic carboxylic acids is 1. The number of carboxylic acid groups (broad SMARTS) is 1. The summed E-state index contributed by atoms with van der Waals surface area (Å²) in [5, 5.41) is 13.0. The van der Waals surface area contributed by atoms with Crippen molar-refractivity contribution in [3.05, 3.63) is 102 Å². The van der Waals surface area contributed by atoms with E-state index in [9.17, 15) is 9.59 Å². The SMILES string of the molecule is CCOc1cc(C=NNC(=O)c2ccc(-n3cccc3)cc2)ccc1OCc1ccc(C(=O)O)o1. The molecule has 9 nitrogen and oxygen atoms in total. The largest absolute Gasteiger partial charge is 0.490 e. The van der Waals surface area contributed by atoms with Crippen LogP contribution in [0.2, 0.25) is 0 Å². The molecule has 0 fully saturated rings. The lowest BCUT2D eigenvalue weighted by Gasteiger charge is -2.11. The molecule has 1 amide bonds. The Morgan fingerprint density at radius 3 is 2.49 bits per heavy atom. The van der Waals surface area contributed by atoms with Crippen LogP contribution >= 0.6 is 0 Å². The van der Waals surface area contributed by atoms with E-state index in [1.165, 1.54) is 12.3 Å². The van der Waals surface area contributed by atoms with Crippen LogP contribution in [0.4, 0.5) is 0 Å². The summed E-state index contributed by atoms with van der Waals surface area (Å²) in [6, 6.07) is 19.1. The first-order valence-corrected chi connectivity index (χ1v) is 10.8. The van der Waals surface area contributed by atoms with Gasteiger partial charge in [0.05, 0.1) is 12.8 Å². The van der Waals surface area contributed by atoms with Crippen LogP contribution in [0.1, 0.15) is 39.2 Å². The minimum Gasteiger partial charge on any atom is -0.490 e. The van der Waals surface area contributed by atoms with Crippen LogP contribution in [0.25, 0.3) is 5.69 Å². The number of hydrogen-bond acceptors (Lipinski definition) is 6. The van der Waals surface area contributed by atoms with Gasteiger partial charge >= 0.3 is 5.97 Å². The molecule has 0 aliphatic carbocycles. The van der Waals surface area contributed by atoms with Gasteiger partial charge in [0, 0.05) is 23.6 Å². The molecule has 4 aromatic rings. The molecule has 0 saturated carbocycles. The van der Waals surface area contributed by atoms with E-state index in [2.05, 4.69) is 10.5 Å². The molecule has 2 aromatic carbocycles. The Labute approximate surface area is 201 Å². The number of hydrazone groups is 1. The lowest BCUT2D eigenvalue weighted by Crippen LogP contribution is -2.17. The quantitative estimate of drug-likeness (QED) is 0.259. The second-order valence-electron chi connectivity index (χ2n) is 7.34. The third-order valence-corrected chi connectivity index (χ3v) is 4.92. The second-order valence-corrected chi connectivity index (χ2v) is 7.34. The van der Waals surface area contributed by atoms with Gasteiger partial charge < -0.3 is 23.6 Å². The first-order chi connectivity index (χ1) is 17.0. The average molecular weight is 473 g/mol. The van der Waals surface area contributed by atoms with E-state index in [-0.39, 0.29) is 18.3 Å². The molecule has 0 bridgehead atoms. The summed E-state index contributed by atoms with van der Waals surface area (Å²) in [7, 11) is 0. The number of aromatic nitrogens is 1. The van der Waals surface area contributed by atoms with Crippen molar-refractivity contribution < 1.29 is 28.6 Å². The van der Waals surface area contributed by atoms with Crippen molar-refractivity contribution in [2.24, 2.45) is 5.10 Å². The second kappa shape index (κ2) is 10.9. The molecule has 4 rings (SSSR count). The summed E-state index contributed by atoms with van der Waals surface area (Å²) in [5.74, 6) is -0.309. The standard InChI is InChI=1S/C26H23N3O6/c1-2-33-24-15-18(5-11-22(24)34-17-21-10-12-23(35-21)26(31)32)16-27-28-25(30)19-6-8-20(9-7-19)29-13-3-4-14-29/h3-16H,2,17H2,1H3,(H,28,30)(H,31,32). The fraction of sp³-hybridized carbons (Fsp3) is 0.115. The third-order valence-electron chi connectivity index (χ3n) is 4.92. The van der Waals surface area contributed by atoms with Crippen LogP contribution in [-0.2, 0) is 6.61 Å². The minimum absolute atomic E-state index is 0.0416. The van der Waals surface area contributed by atoms with Gasteiger partial charge in [-0.2, -0.15) is 5.10 Å². The predicted octanol–water partition coefficient (Wildman–Crippen LogP) is 4.51. The predicted molar refractivity (Wildman–Crippen MR) is 128 cm³/mol. The zero-order valence-electron chi connectivity index (χ0n) is 18.9. The Bertz CT molecular complexity index is 1320.